The van der Waals surface area contributed by atoms with Crippen LogP contribution >= 0.6 is 0 Å². The van der Waals surface area contributed by atoms with Gasteiger partial charge in [0.2, 0.25) is 0 Å². The molecule has 1 aliphatic heterocycles. The summed E-state index contributed by atoms with van der Waals surface area (Å²) in [5, 5.41) is 2.48. The van der Waals surface area contributed by atoms with E-state index in [1.165, 1.54) is 6.08 Å². The highest BCUT2D eigenvalue weighted by Crippen LogP contribution is 2.38. The van der Waals surface area contributed by atoms with Gasteiger partial charge in [-0.2, -0.15) is 26.3 Å². The molecule has 0 saturated carbocycles. The molecule has 0 aromatic carbocycles. The van der Waals surface area contributed by atoms with Crippen LogP contribution in [0, 0.1) is 6.08 Å². The van der Waals surface area contributed by atoms with Crippen molar-refractivity contribution >= 4 is 5.91 Å². The molecule has 0 aliphatic carbocycles. The van der Waals surface area contributed by atoms with Gasteiger partial charge in [-0.15, -0.1) is 0 Å². The van der Waals surface area contributed by atoms with Gasteiger partial charge in [0.15, 0.2) is 5.70 Å². The van der Waals surface area contributed by atoms with E-state index in [-0.39, 0.29) is 0 Å². The smallest absolute Gasteiger partial charge is 0.267 e. The fourth-order valence-corrected chi connectivity index (χ4v) is 1.09. The van der Waals surface area contributed by atoms with E-state index in [0.29, 0.717) is 6.92 Å². The largest absolute Gasteiger partial charge is 0.433 e. The molecule has 2 nitrogen and oxygen atoms in total. The monoisotopic (exact) mass is 243 g/mol. The van der Waals surface area contributed by atoms with Gasteiger partial charge < -0.3 is 0 Å². The molecule has 0 saturated heterocycles. The van der Waals surface area contributed by atoms with Gasteiger partial charge in [-0.1, -0.05) is 0 Å². The molecule has 2 radical (unpaired) electrons. The molecule has 1 heterocycles. The van der Waals surface area contributed by atoms with E-state index in [1.54, 1.807) is 0 Å². The topological polar surface area (TPSA) is 31.2 Å². The van der Waals surface area contributed by atoms with Gasteiger partial charge in [0.25, 0.3) is 5.91 Å². The number of alkyl halides is 6. The minimum absolute atomic E-state index is 0.592. The summed E-state index contributed by atoms with van der Waals surface area (Å²) in [5.74, 6) is -1.69. The van der Waals surface area contributed by atoms with Crippen LogP contribution in [0.1, 0.15) is 6.92 Å². The summed E-state index contributed by atoms with van der Waals surface area (Å²) in [6, 6.07) is 0. The minimum atomic E-state index is -5.10. The van der Waals surface area contributed by atoms with Crippen LogP contribution in [0.2, 0.25) is 0 Å². The Morgan fingerprint density at radius 3 is 1.94 bits per heavy atom. The molecule has 0 spiro atoms. The minimum Gasteiger partial charge on any atom is -0.267 e. The van der Waals surface area contributed by atoms with Crippen molar-refractivity contribution in [3.63, 3.8) is 0 Å². The maximum Gasteiger partial charge on any atom is 0.433 e. The molecular formula is C8H3F6NO. The number of allylic oxidation sites excluding steroid dienone is 3. The predicted octanol–water partition coefficient (Wildman–Crippen LogP) is 2.26. The zero-order chi connectivity index (χ0) is 12.7. The van der Waals surface area contributed by atoms with E-state index in [2.05, 4.69) is 5.32 Å². The summed E-state index contributed by atoms with van der Waals surface area (Å²) in [4.78, 5) is 10.6. The number of carbonyl (C=O) groups excluding carboxylic acids is 1. The van der Waals surface area contributed by atoms with Crippen molar-refractivity contribution in [2.75, 3.05) is 0 Å². The van der Waals surface area contributed by atoms with Crippen LogP contribution < -0.4 is 5.32 Å². The standard InChI is InChI=1S/C8H3F6NO/c1-3-4(7(9,10)11)2-5(16)15-6(3)8(12,13)14/h1H3. The lowest BCUT2D eigenvalue weighted by Crippen LogP contribution is -2.32. The average molecular weight is 243 g/mol. The van der Waals surface area contributed by atoms with Crippen LogP contribution in [0.5, 0.6) is 0 Å². The lowest BCUT2D eigenvalue weighted by atomic mass is 10.0. The highest BCUT2D eigenvalue weighted by molar-refractivity contribution is 5.88. The molecule has 16 heavy (non-hydrogen) atoms. The third kappa shape index (κ3) is 2.37. The highest BCUT2D eigenvalue weighted by Gasteiger charge is 2.46. The Bertz CT molecular complexity index is 369. The summed E-state index contributed by atoms with van der Waals surface area (Å²) in [6.45, 7) is 0.592. The van der Waals surface area contributed by atoms with Gasteiger partial charge >= 0.3 is 12.4 Å². The Labute approximate surface area is 85.6 Å². The van der Waals surface area contributed by atoms with Crippen molar-refractivity contribution in [2.24, 2.45) is 0 Å². The third-order valence-corrected chi connectivity index (χ3v) is 1.73. The number of hydrogen-bond donors (Lipinski definition) is 0. The Morgan fingerprint density at radius 2 is 1.56 bits per heavy atom. The van der Waals surface area contributed by atoms with Crippen molar-refractivity contribution in [3.8, 4) is 0 Å². The van der Waals surface area contributed by atoms with Crippen LogP contribution in [0.4, 0.5) is 26.3 Å². The molecule has 0 atom stereocenters. The van der Waals surface area contributed by atoms with Gasteiger partial charge in [-0.25, -0.2) is 5.32 Å². The second-order valence-electron chi connectivity index (χ2n) is 2.89. The number of halogens is 6. The molecule has 1 amide bonds. The maximum atomic E-state index is 12.2. The van der Waals surface area contributed by atoms with E-state index in [0.717, 1.165) is 0 Å². The van der Waals surface area contributed by atoms with Crippen LogP contribution in [-0.2, 0) is 4.79 Å². The molecule has 1 aliphatic rings. The number of hydrogen-bond acceptors (Lipinski definition) is 1. The number of amides is 1. The first-order chi connectivity index (χ1) is 7.03. The van der Waals surface area contributed by atoms with Crippen LogP contribution in [0.3, 0.4) is 0 Å². The van der Waals surface area contributed by atoms with Crippen molar-refractivity contribution in [1.82, 2.24) is 5.32 Å². The molecule has 88 valence electrons. The maximum absolute atomic E-state index is 12.2. The SMILES string of the molecule is CC1=C(C(F)(F)F)[N]C(=O)[C]=C1C(F)(F)F. The van der Waals surface area contributed by atoms with E-state index >= 15 is 0 Å². The van der Waals surface area contributed by atoms with Gasteiger partial charge in [0.1, 0.15) is 0 Å². The second kappa shape index (κ2) is 3.53. The van der Waals surface area contributed by atoms with Crippen LogP contribution in [0.25, 0.3) is 0 Å². The molecule has 1 rings (SSSR count). The lowest BCUT2D eigenvalue weighted by molar-refractivity contribution is -0.126. The van der Waals surface area contributed by atoms with Gasteiger partial charge in [0, 0.05) is 0 Å². The zero-order valence-corrected chi connectivity index (χ0v) is 7.62. The van der Waals surface area contributed by atoms with Gasteiger partial charge in [-0.3, -0.25) is 4.79 Å². The van der Waals surface area contributed by atoms with Crippen molar-refractivity contribution < 1.29 is 31.1 Å². The fourth-order valence-electron chi connectivity index (χ4n) is 1.09. The van der Waals surface area contributed by atoms with Gasteiger partial charge in [-0.05, 0) is 12.5 Å². The average Bonchev–Trinajstić information content (AvgIpc) is 2.04. The quantitative estimate of drug-likeness (QED) is 0.600. The van der Waals surface area contributed by atoms with E-state index < -0.39 is 35.1 Å². The van der Waals surface area contributed by atoms with E-state index in [4.69, 9.17) is 0 Å². The Kier molecular flexibility index (Phi) is 2.78. The molecule has 8 heteroatoms. The van der Waals surface area contributed by atoms with Crippen molar-refractivity contribution in [3.05, 3.63) is 22.9 Å². The van der Waals surface area contributed by atoms with Crippen LogP contribution in [0.15, 0.2) is 16.8 Å². The third-order valence-electron chi connectivity index (χ3n) is 1.73. The summed E-state index contributed by atoms with van der Waals surface area (Å²) in [6.07, 6.45) is -8.93. The number of carbonyl (C=O) groups is 1. The number of rotatable bonds is 0. The Balaban J connectivity index is 3.31. The predicted molar refractivity (Wildman–Crippen MR) is 38.7 cm³/mol. The summed E-state index contributed by atoms with van der Waals surface area (Å²) in [5.41, 5.74) is -4.72. The molecular weight excluding hydrogens is 240 g/mol. The molecule has 0 N–H and O–H groups in total. The second-order valence-corrected chi connectivity index (χ2v) is 2.89. The normalized spacial score (nSPS) is 18.4. The van der Waals surface area contributed by atoms with E-state index in [9.17, 15) is 31.1 Å². The Hall–Kier alpha value is -1.47. The molecule has 0 unspecified atom stereocenters. The molecule has 0 bridgehead atoms. The Morgan fingerprint density at radius 1 is 1.06 bits per heavy atom. The fraction of sp³-hybridized carbons (Fsp3) is 0.375. The lowest BCUT2D eigenvalue weighted by Gasteiger charge is -2.20. The highest BCUT2D eigenvalue weighted by atomic mass is 19.4. The zero-order valence-electron chi connectivity index (χ0n) is 7.62. The summed E-state index contributed by atoms with van der Waals surface area (Å²) in [7, 11) is 0. The summed E-state index contributed by atoms with van der Waals surface area (Å²) < 4.78 is 73.3. The first-order valence-corrected chi connectivity index (χ1v) is 3.79. The first-order valence-electron chi connectivity index (χ1n) is 3.79. The number of nitrogens with zero attached hydrogens (tertiary/aromatic N) is 1. The van der Waals surface area contributed by atoms with Crippen molar-refractivity contribution in [1.29, 1.82) is 0 Å². The van der Waals surface area contributed by atoms with Gasteiger partial charge in [0.05, 0.1) is 11.6 Å². The molecule has 0 aromatic rings. The molecule has 0 fully saturated rings. The summed E-state index contributed by atoms with van der Waals surface area (Å²) >= 11 is 0. The van der Waals surface area contributed by atoms with Crippen molar-refractivity contribution in [2.45, 2.75) is 19.3 Å². The van der Waals surface area contributed by atoms with Crippen LogP contribution in [-0.4, -0.2) is 18.3 Å². The first kappa shape index (κ1) is 12.6. The molecule has 0 aromatic heterocycles. The van der Waals surface area contributed by atoms with E-state index in [1.807, 2.05) is 0 Å².